The van der Waals surface area contributed by atoms with Gasteiger partial charge in [0.1, 0.15) is 0 Å². The molecule has 1 N–H and O–H groups in total. The van der Waals surface area contributed by atoms with E-state index in [0.29, 0.717) is 0 Å². The Hall–Kier alpha value is -0.0800. The third-order valence-electron chi connectivity index (χ3n) is 2.47. The lowest BCUT2D eigenvalue weighted by Gasteiger charge is -2.16. The molecule has 0 aromatic rings. The minimum absolute atomic E-state index is 0.719. The molecular formula is C12H27NO. The maximum atomic E-state index is 5.31. The van der Waals surface area contributed by atoms with Gasteiger partial charge in [-0.25, -0.2) is 0 Å². The molecule has 0 bridgehead atoms. The Bertz CT molecular complexity index is 106. The molecule has 0 amide bonds. The summed E-state index contributed by atoms with van der Waals surface area (Å²) in [7, 11) is 0. The lowest BCUT2D eigenvalue weighted by molar-refractivity contribution is 0.142. The molecule has 0 rings (SSSR count). The van der Waals surface area contributed by atoms with Crippen LogP contribution in [-0.2, 0) is 4.74 Å². The van der Waals surface area contributed by atoms with E-state index in [1.807, 2.05) is 0 Å². The second kappa shape index (κ2) is 11.0. The molecule has 0 spiro atoms. The molecule has 0 aliphatic rings. The molecule has 14 heavy (non-hydrogen) atoms. The van der Waals surface area contributed by atoms with Crippen molar-refractivity contribution < 1.29 is 4.74 Å². The predicted molar refractivity (Wildman–Crippen MR) is 62.7 cm³/mol. The molecule has 0 heterocycles. The fourth-order valence-electron chi connectivity index (χ4n) is 1.54. The SMILES string of the molecule is CCCNC(CC)CCCCOCC. The van der Waals surface area contributed by atoms with Gasteiger partial charge in [0.05, 0.1) is 0 Å². The summed E-state index contributed by atoms with van der Waals surface area (Å²) in [5.41, 5.74) is 0. The first-order valence-corrected chi connectivity index (χ1v) is 6.16. The van der Waals surface area contributed by atoms with Gasteiger partial charge in [-0.15, -0.1) is 0 Å². The fourth-order valence-corrected chi connectivity index (χ4v) is 1.54. The molecule has 0 saturated carbocycles. The van der Waals surface area contributed by atoms with Gasteiger partial charge < -0.3 is 10.1 Å². The van der Waals surface area contributed by atoms with E-state index in [1.165, 1.54) is 32.1 Å². The quantitative estimate of drug-likeness (QED) is 0.549. The Labute approximate surface area is 89.4 Å². The van der Waals surface area contributed by atoms with Crippen LogP contribution in [-0.4, -0.2) is 25.8 Å². The Balaban J connectivity index is 3.24. The maximum Gasteiger partial charge on any atom is 0.0465 e. The lowest BCUT2D eigenvalue weighted by atomic mass is 10.1. The van der Waals surface area contributed by atoms with Gasteiger partial charge in [0.25, 0.3) is 0 Å². The van der Waals surface area contributed by atoms with E-state index in [4.69, 9.17) is 4.74 Å². The monoisotopic (exact) mass is 201 g/mol. The summed E-state index contributed by atoms with van der Waals surface area (Å²) >= 11 is 0. The van der Waals surface area contributed by atoms with Gasteiger partial charge in [0.2, 0.25) is 0 Å². The first-order valence-electron chi connectivity index (χ1n) is 6.16. The van der Waals surface area contributed by atoms with Crippen LogP contribution in [0.25, 0.3) is 0 Å². The number of nitrogens with one attached hydrogen (secondary N) is 1. The fraction of sp³-hybridized carbons (Fsp3) is 1.00. The summed E-state index contributed by atoms with van der Waals surface area (Å²) in [5, 5.41) is 3.57. The normalized spacial score (nSPS) is 13.1. The van der Waals surface area contributed by atoms with Crippen molar-refractivity contribution in [2.24, 2.45) is 0 Å². The first kappa shape index (κ1) is 13.9. The van der Waals surface area contributed by atoms with Crippen LogP contribution in [0.5, 0.6) is 0 Å². The zero-order valence-corrected chi connectivity index (χ0v) is 10.1. The van der Waals surface area contributed by atoms with Crippen molar-refractivity contribution >= 4 is 0 Å². The van der Waals surface area contributed by atoms with E-state index in [9.17, 15) is 0 Å². The molecule has 0 aromatic carbocycles. The third kappa shape index (κ3) is 8.52. The number of hydrogen-bond acceptors (Lipinski definition) is 2. The van der Waals surface area contributed by atoms with Crippen LogP contribution in [0.2, 0.25) is 0 Å². The Morgan fingerprint density at radius 1 is 1.14 bits per heavy atom. The van der Waals surface area contributed by atoms with Gasteiger partial charge in [0.15, 0.2) is 0 Å². The van der Waals surface area contributed by atoms with Crippen LogP contribution in [0.1, 0.15) is 52.9 Å². The molecule has 0 fully saturated rings. The molecule has 0 aliphatic carbocycles. The highest BCUT2D eigenvalue weighted by atomic mass is 16.5. The molecule has 86 valence electrons. The molecule has 0 aliphatic heterocycles. The summed E-state index contributed by atoms with van der Waals surface area (Å²) < 4.78 is 5.31. The van der Waals surface area contributed by atoms with Crippen LogP contribution in [0.4, 0.5) is 0 Å². The smallest absolute Gasteiger partial charge is 0.0465 e. The van der Waals surface area contributed by atoms with Crippen LogP contribution in [0.15, 0.2) is 0 Å². The molecule has 1 atom stereocenters. The van der Waals surface area contributed by atoms with Gasteiger partial charge >= 0.3 is 0 Å². The minimum Gasteiger partial charge on any atom is -0.382 e. The van der Waals surface area contributed by atoms with Crippen LogP contribution < -0.4 is 5.32 Å². The maximum absolute atomic E-state index is 5.31. The summed E-state index contributed by atoms with van der Waals surface area (Å²) in [4.78, 5) is 0. The van der Waals surface area contributed by atoms with E-state index in [2.05, 4.69) is 26.1 Å². The summed E-state index contributed by atoms with van der Waals surface area (Å²) in [6, 6.07) is 0.719. The largest absolute Gasteiger partial charge is 0.382 e. The third-order valence-corrected chi connectivity index (χ3v) is 2.47. The average molecular weight is 201 g/mol. The predicted octanol–water partition coefficient (Wildman–Crippen LogP) is 2.97. The van der Waals surface area contributed by atoms with E-state index in [0.717, 1.165) is 25.8 Å². The lowest BCUT2D eigenvalue weighted by Crippen LogP contribution is -2.28. The zero-order valence-electron chi connectivity index (χ0n) is 10.1. The van der Waals surface area contributed by atoms with Crippen molar-refractivity contribution in [3.63, 3.8) is 0 Å². The molecule has 1 unspecified atom stereocenters. The number of hydrogen-bond donors (Lipinski definition) is 1. The van der Waals surface area contributed by atoms with Crippen LogP contribution >= 0.6 is 0 Å². The number of unbranched alkanes of at least 4 members (excludes halogenated alkanes) is 1. The zero-order chi connectivity index (χ0) is 10.6. The van der Waals surface area contributed by atoms with Crippen molar-refractivity contribution in [2.75, 3.05) is 19.8 Å². The molecule has 2 nitrogen and oxygen atoms in total. The highest BCUT2D eigenvalue weighted by Gasteiger charge is 2.03. The van der Waals surface area contributed by atoms with Gasteiger partial charge in [-0.3, -0.25) is 0 Å². The van der Waals surface area contributed by atoms with Crippen LogP contribution in [0.3, 0.4) is 0 Å². The second-order valence-electron chi connectivity index (χ2n) is 3.75. The van der Waals surface area contributed by atoms with E-state index >= 15 is 0 Å². The van der Waals surface area contributed by atoms with Crippen LogP contribution in [0, 0.1) is 0 Å². The van der Waals surface area contributed by atoms with E-state index in [-0.39, 0.29) is 0 Å². The number of ether oxygens (including phenoxy) is 1. The highest BCUT2D eigenvalue weighted by molar-refractivity contribution is 4.64. The summed E-state index contributed by atoms with van der Waals surface area (Å²) in [5.74, 6) is 0. The minimum atomic E-state index is 0.719. The van der Waals surface area contributed by atoms with Crippen molar-refractivity contribution in [1.82, 2.24) is 5.32 Å². The average Bonchev–Trinajstić information content (AvgIpc) is 2.22. The number of rotatable bonds is 10. The molecule has 0 aromatic heterocycles. The molecule has 2 heteroatoms. The Morgan fingerprint density at radius 2 is 1.93 bits per heavy atom. The topological polar surface area (TPSA) is 21.3 Å². The van der Waals surface area contributed by atoms with Gasteiger partial charge in [0, 0.05) is 19.3 Å². The van der Waals surface area contributed by atoms with Gasteiger partial charge in [-0.05, 0) is 45.6 Å². The Kier molecular flexibility index (Phi) is 10.9. The van der Waals surface area contributed by atoms with E-state index < -0.39 is 0 Å². The van der Waals surface area contributed by atoms with Gasteiger partial charge in [-0.2, -0.15) is 0 Å². The standard InChI is InChI=1S/C12H27NO/c1-4-10-13-12(5-2)9-7-8-11-14-6-3/h12-13H,4-11H2,1-3H3. The highest BCUT2D eigenvalue weighted by Crippen LogP contribution is 2.04. The molecule has 0 saturated heterocycles. The Morgan fingerprint density at radius 3 is 2.50 bits per heavy atom. The van der Waals surface area contributed by atoms with Crippen molar-refractivity contribution in [1.29, 1.82) is 0 Å². The van der Waals surface area contributed by atoms with Crippen molar-refractivity contribution in [3.05, 3.63) is 0 Å². The second-order valence-corrected chi connectivity index (χ2v) is 3.75. The summed E-state index contributed by atoms with van der Waals surface area (Å²) in [6.45, 7) is 9.47. The first-order chi connectivity index (χ1) is 6.85. The molecular weight excluding hydrogens is 174 g/mol. The van der Waals surface area contributed by atoms with Crippen molar-refractivity contribution in [2.45, 2.75) is 58.9 Å². The molecule has 0 radical (unpaired) electrons. The summed E-state index contributed by atoms with van der Waals surface area (Å²) in [6.07, 6.45) is 6.26. The van der Waals surface area contributed by atoms with Crippen molar-refractivity contribution in [3.8, 4) is 0 Å². The van der Waals surface area contributed by atoms with E-state index in [1.54, 1.807) is 0 Å². The van der Waals surface area contributed by atoms with Gasteiger partial charge in [-0.1, -0.05) is 13.8 Å².